The van der Waals surface area contributed by atoms with Crippen molar-refractivity contribution in [3.63, 3.8) is 0 Å². The first-order valence-electron chi connectivity index (χ1n) is 4.10. The van der Waals surface area contributed by atoms with Gasteiger partial charge in [-0.05, 0) is 49.9 Å². The van der Waals surface area contributed by atoms with Crippen molar-refractivity contribution in [2.24, 2.45) is 0 Å². The molecule has 0 radical (unpaired) electrons. The molecule has 0 saturated carbocycles. The van der Waals surface area contributed by atoms with Gasteiger partial charge in [-0.25, -0.2) is 0 Å². The molecular formula is C10H15OP. The van der Waals surface area contributed by atoms with Gasteiger partial charge >= 0.3 is 0 Å². The van der Waals surface area contributed by atoms with E-state index < -0.39 is 8.46 Å². The molecule has 1 aromatic rings. The van der Waals surface area contributed by atoms with Crippen LogP contribution in [0.1, 0.15) is 22.3 Å². The molecule has 12 heavy (non-hydrogen) atoms. The molecule has 2 heteroatoms. The third-order valence-corrected chi connectivity index (χ3v) is 3.64. The smallest absolute Gasteiger partial charge is 0.0926 e. The van der Waals surface area contributed by atoms with Crippen LogP contribution in [0.3, 0.4) is 0 Å². The van der Waals surface area contributed by atoms with Crippen molar-refractivity contribution in [1.29, 1.82) is 0 Å². The lowest BCUT2D eigenvalue weighted by Crippen LogP contribution is -2.07. The monoisotopic (exact) mass is 182 g/mol. The van der Waals surface area contributed by atoms with Crippen LogP contribution in [0.2, 0.25) is 0 Å². The number of hydrogen-bond acceptors (Lipinski definition) is 1. The summed E-state index contributed by atoms with van der Waals surface area (Å²) in [5.41, 5.74) is 4.89. The highest BCUT2D eigenvalue weighted by atomic mass is 31.1. The second kappa shape index (κ2) is 3.45. The molecule has 1 aromatic carbocycles. The Hall–Kier alpha value is -0.550. The van der Waals surface area contributed by atoms with Crippen molar-refractivity contribution < 1.29 is 4.57 Å². The molecule has 0 fully saturated rings. The molecule has 66 valence electrons. The van der Waals surface area contributed by atoms with E-state index in [9.17, 15) is 4.57 Å². The first-order valence-corrected chi connectivity index (χ1v) is 5.15. The van der Waals surface area contributed by atoms with Crippen LogP contribution in [0, 0.1) is 27.7 Å². The van der Waals surface area contributed by atoms with Crippen molar-refractivity contribution >= 4 is 13.8 Å². The average Bonchev–Trinajstić information content (AvgIpc) is 2.02. The Labute approximate surface area is 75.0 Å². The third kappa shape index (κ3) is 1.47. The highest BCUT2D eigenvalue weighted by molar-refractivity contribution is 7.34. The fourth-order valence-electron chi connectivity index (χ4n) is 1.42. The normalized spacial score (nSPS) is 11.3. The predicted octanol–water partition coefficient (Wildman–Crippen LogP) is 2.30. The van der Waals surface area contributed by atoms with Gasteiger partial charge in [0.15, 0.2) is 0 Å². The number of hydrogen-bond donors (Lipinski definition) is 0. The van der Waals surface area contributed by atoms with Crippen LogP contribution in [0.25, 0.3) is 0 Å². The Bertz CT molecular complexity index is 303. The maximum absolute atomic E-state index is 11.0. The van der Waals surface area contributed by atoms with Gasteiger partial charge < -0.3 is 4.57 Å². The van der Waals surface area contributed by atoms with Gasteiger partial charge in [-0.1, -0.05) is 6.07 Å². The van der Waals surface area contributed by atoms with Gasteiger partial charge in [-0.3, -0.25) is 0 Å². The minimum atomic E-state index is -0.794. The zero-order valence-corrected chi connectivity index (χ0v) is 9.22. The van der Waals surface area contributed by atoms with E-state index >= 15 is 0 Å². The Morgan fingerprint density at radius 3 is 1.75 bits per heavy atom. The summed E-state index contributed by atoms with van der Waals surface area (Å²) in [5.74, 6) is 0. The summed E-state index contributed by atoms with van der Waals surface area (Å²) in [7, 11) is -0.794. The Balaban J connectivity index is 3.52. The highest BCUT2D eigenvalue weighted by Crippen LogP contribution is 2.16. The number of aryl methyl sites for hydroxylation is 2. The molecule has 1 atom stereocenters. The SMILES string of the molecule is Cc1cc(C)c(C)c([PH2]=O)c1C. The van der Waals surface area contributed by atoms with Crippen molar-refractivity contribution in [3.8, 4) is 0 Å². The molecule has 0 aliphatic heterocycles. The molecular weight excluding hydrogens is 167 g/mol. The van der Waals surface area contributed by atoms with Crippen molar-refractivity contribution in [3.05, 3.63) is 28.3 Å². The Morgan fingerprint density at radius 2 is 1.42 bits per heavy atom. The fraction of sp³-hybridized carbons (Fsp3) is 0.400. The quantitative estimate of drug-likeness (QED) is 0.609. The van der Waals surface area contributed by atoms with Crippen molar-refractivity contribution in [2.45, 2.75) is 27.7 Å². The summed E-state index contributed by atoms with van der Waals surface area (Å²) in [5, 5.41) is 1.06. The molecule has 0 aliphatic rings. The van der Waals surface area contributed by atoms with Crippen LogP contribution in [0.5, 0.6) is 0 Å². The van der Waals surface area contributed by atoms with Gasteiger partial charge in [0.25, 0.3) is 0 Å². The number of rotatable bonds is 1. The van der Waals surface area contributed by atoms with Crippen molar-refractivity contribution in [1.82, 2.24) is 0 Å². The van der Waals surface area contributed by atoms with Crippen LogP contribution in [-0.4, -0.2) is 0 Å². The summed E-state index contributed by atoms with van der Waals surface area (Å²) in [6, 6.07) is 2.16. The van der Waals surface area contributed by atoms with Crippen molar-refractivity contribution in [2.75, 3.05) is 0 Å². The molecule has 0 bridgehead atoms. The van der Waals surface area contributed by atoms with Crippen LogP contribution in [0.4, 0.5) is 0 Å². The minimum absolute atomic E-state index is 0.794. The van der Waals surface area contributed by atoms with E-state index in [4.69, 9.17) is 0 Å². The van der Waals surface area contributed by atoms with Gasteiger partial charge in [-0.15, -0.1) is 0 Å². The molecule has 0 aromatic heterocycles. The Morgan fingerprint density at radius 1 is 1.00 bits per heavy atom. The van der Waals surface area contributed by atoms with E-state index in [1.807, 2.05) is 13.8 Å². The summed E-state index contributed by atoms with van der Waals surface area (Å²) >= 11 is 0. The fourth-order valence-corrected chi connectivity index (χ4v) is 2.23. The summed E-state index contributed by atoms with van der Waals surface area (Å²) in [4.78, 5) is 0. The summed E-state index contributed by atoms with van der Waals surface area (Å²) in [6.45, 7) is 8.23. The van der Waals surface area contributed by atoms with E-state index in [1.54, 1.807) is 0 Å². The first kappa shape index (κ1) is 9.54. The predicted molar refractivity (Wildman–Crippen MR) is 55.4 cm³/mol. The van der Waals surface area contributed by atoms with E-state index in [0.717, 1.165) is 5.30 Å². The topological polar surface area (TPSA) is 17.1 Å². The van der Waals surface area contributed by atoms with Crippen LogP contribution < -0.4 is 5.30 Å². The molecule has 0 saturated heterocycles. The zero-order chi connectivity index (χ0) is 9.30. The zero-order valence-electron chi connectivity index (χ0n) is 8.06. The second-order valence-corrected chi connectivity index (χ2v) is 4.10. The van der Waals surface area contributed by atoms with Crippen LogP contribution >= 0.6 is 8.46 Å². The molecule has 0 spiro atoms. The molecule has 1 unspecified atom stereocenters. The van der Waals surface area contributed by atoms with E-state index in [-0.39, 0.29) is 0 Å². The van der Waals surface area contributed by atoms with Gasteiger partial charge in [0, 0.05) is 5.30 Å². The minimum Gasteiger partial charge on any atom is -0.325 e. The average molecular weight is 182 g/mol. The lowest BCUT2D eigenvalue weighted by Gasteiger charge is -2.10. The molecule has 0 N–H and O–H groups in total. The summed E-state index contributed by atoms with van der Waals surface area (Å²) < 4.78 is 11.0. The summed E-state index contributed by atoms with van der Waals surface area (Å²) in [6.07, 6.45) is 0. The third-order valence-electron chi connectivity index (χ3n) is 2.54. The molecule has 1 rings (SSSR count). The Kier molecular flexibility index (Phi) is 2.74. The lowest BCUT2D eigenvalue weighted by atomic mass is 10.0. The van der Waals surface area contributed by atoms with Gasteiger partial charge in [0.2, 0.25) is 0 Å². The molecule has 1 nitrogen and oxygen atoms in total. The maximum Gasteiger partial charge on any atom is 0.0926 e. The molecule has 0 aliphatic carbocycles. The molecule has 0 heterocycles. The highest BCUT2D eigenvalue weighted by Gasteiger charge is 2.05. The largest absolute Gasteiger partial charge is 0.325 e. The lowest BCUT2D eigenvalue weighted by molar-refractivity contribution is 0.603. The number of benzene rings is 1. The maximum atomic E-state index is 11.0. The van der Waals surface area contributed by atoms with Gasteiger partial charge in [0.1, 0.15) is 0 Å². The first-order chi connectivity index (χ1) is 5.57. The second-order valence-electron chi connectivity index (χ2n) is 3.29. The van der Waals surface area contributed by atoms with Gasteiger partial charge in [0.05, 0.1) is 8.46 Å². The van der Waals surface area contributed by atoms with Gasteiger partial charge in [-0.2, -0.15) is 0 Å². The van der Waals surface area contributed by atoms with E-state index in [1.165, 1.54) is 22.3 Å². The molecule has 0 amide bonds. The van der Waals surface area contributed by atoms with Crippen LogP contribution in [0.15, 0.2) is 6.07 Å². The van der Waals surface area contributed by atoms with Crippen LogP contribution in [-0.2, 0) is 4.57 Å². The van der Waals surface area contributed by atoms with E-state index in [0.29, 0.717) is 0 Å². The standard InChI is InChI=1S/C10H15OP/c1-6-5-7(2)9(4)10(12-11)8(6)3/h5H,12H2,1-4H3. The van der Waals surface area contributed by atoms with E-state index in [2.05, 4.69) is 19.9 Å².